The molecule has 0 saturated heterocycles. The maximum atomic E-state index is 5.86. The lowest BCUT2D eigenvalue weighted by Crippen LogP contribution is -2.35. The lowest BCUT2D eigenvalue weighted by Gasteiger charge is -2.14. The third-order valence-corrected chi connectivity index (χ3v) is 4.37. The van der Waals surface area contributed by atoms with Crippen LogP contribution in [-0.2, 0) is 0 Å². The van der Waals surface area contributed by atoms with Crippen molar-refractivity contribution >= 4 is 22.4 Å². The summed E-state index contributed by atoms with van der Waals surface area (Å²) in [5.74, 6) is 2.04. The highest BCUT2D eigenvalue weighted by atomic mass is 32.1. The van der Waals surface area contributed by atoms with Gasteiger partial charge >= 0.3 is 0 Å². The summed E-state index contributed by atoms with van der Waals surface area (Å²) >= 11 is 1.55. The molecular weight excluding hydrogens is 322 g/mol. The SMILES string of the molecule is CC(C)CCOc1ncccc1-c1csc(NC2=NCCCN2)n1. The first kappa shape index (κ1) is 16.7. The highest BCUT2D eigenvalue weighted by molar-refractivity contribution is 7.14. The number of aliphatic imine (C=N–C) groups is 1. The minimum atomic E-state index is 0.607. The highest BCUT2D eigenvalue weighted by Gasteiger charge is 2.13. The minimum absolute atomic E-state index is 0.607. The average Bonchev–Trinajstić information content (AvgIpc) is 3.04. The summed E-state index contributed by atoms with van der Waals surface area (Å²) in [5, 5.41) is 9.30. The Labute approximate surface area is 146 Å². The van der Waals surface area contributed by atoms with Crippen LogP contribution in [0.4, 0.5) is 5.13 Å². The molecule has 0 fully saturated rings. The van der Waals surface area contributed by atoms with Crippen LogP contribution >= 0.6 is 11.3 Å². The van der Waals surface area contributed by atoms with Crippen molar-refractivity contribution in [2.24, 2.45) is 10.9 Å². The lowest BCUT2D eigenvalue weighted by atomic mass is 10.1. The summed E-state index contributed by atoms with van der Waals surface area (Å²) < 4.78 is 5.86. The van der Waals surface area contributed by atoms with E-state index in [1.54, 1.807) is 17.5 Å². The maximum Gasteiger partial charge on any atom is 0.222 e. The van der Waals surface area contributed by atoms with Gasteiger partial charge in [-0.25, -0.2) is 9.97 Å². The first-order valence-electron chi connectivity index (χ1n) is 8.31. The number of thiazole rings is 1. The van der Waals surface area contributed by atoms with Crippen molar-refractivity contribution in [2.75, 3.05) is 25.0 Å². The van der Waals surface area contributed by atoms with Crippen molar-refractivity contribution in [3.63, 3.8) is 0 Å². The Morgan fingerprint density at radius 2 is 2.33 bits per heavy atom. The number of nitrogens with one attached hydrogen (secondary N) is 2. The number of hydrogen-bond donors (Lipinski definition) is 2. The predicted octanol–water partition coefficient (Wildman–Crippen LogP) is 3.39. The maximum absolute atomic E-state index is 5.86. The van der Waals surface area contributed by atoms with Gasteiger partial charge in [0.25, 0.3) is 0 Å². The van der Waals surface area contributed by atoms with Gasteiger partial charge < -0.3 is 15.4 Å². The Balaban J connectivity index is 1.71. The van der Waals surface area contributed by atoms with Gasteiger partial charge in [0.05, 0.1) is 17.9 Å². The molecule has 0 aromatic carbocycles. The van der Waals surface area contributed by atoms with Crippen LogP contribution in [0.25, 0.3) is 11.3 Å². The minimum Gasteiger partial charge on any atom is -0.477 e. The van der Waals surface area contributed by atoms with Crippen molar-refractivity contribution in [3.05, 3.63) is 23.7 Å². The second kappa shape index (κ2) is 8.10. The molecule has 0 spiro atoms. The molecule has 128 valence electrons. The first-order valence-corrected chi connectivity index (χ1v) is 9.19. The van der Waals surface area contributed by atoms with E-state index in [0.717, 1.165) is 48.3 Å². The summed E-state index contributed by atoms with van der Waals surface area (Å²) in [4.78, 5) is 13.4. The van der Waals surface area contributed by atoms with Gasteiger partial charge in [-0.2, -0.15) is 0 Å². The van der Waals surface area contributed by atoms with Crippen molar-refractivity contribution in [1.82, 2.24) is 15.3 Å². The molecule has 0 amide bonds. The van der Waals surface area contributed by atoms with E-state index in [9.17, 15) is 0 Å². The number of nitrogens with zero attached hydrogens (tertiary/aromatic N) is 3. The van der Waals surface area contributed by atoms with Crippen LogP contribution in [0.1, 0.15) is 26.7 Å². The zero-order valence-electron chi connectivity index (χ0n) is 14.1. The largest absolute Gasteiger partial charge is 0.477 e. The van der Waals surface area contributed by atoms with E-state index in [1.807, 2.05) is 17.5 Å². The lowest BCUT2D eigenvalue weighted by molar-refractivity contribution is 0.280. The summed E-state index contributed by atoms with van der Waals surface area (Å²) in [6.45, 7) is 6.83. The Bertz CT molecular complexity index is 698. The van der Waals surface area contributed by atoms with Crippen LogP contribution in [0.5, 0.6) is 5.88 Å². The molecule has 0 bridgehead atoms. The van der Waals surface area contributed by atoms with Gasteiger partial charge in [-0.1, -0.05) is 13.8 Å². The van der Waals surface area contributed by atoms with Crippen molar-refractivity contribution in [2.45, 2.75) is 26.7 Å². The third-order valence-electron chi connectivity index (χ3n) is 3.61. The third kappa shape index (κ3) is 4.44. The molecule has 0 atom stereocenters. The number of guanidine groups is 1. The summed E-state index contributed by atoms with van der Waals surface area (Å²) in [6.07, 6.45) is 3.83. The van der Waals surface area contributed by atoms with Crippen LogP contribution < -0.4 is 15.4 Å². The Kier molecular flexibility index (Phi) is 5.63. The molecule has 2 aromatic heterocycles. The molecule has 0 radical (unpaired) electrons. The number of aromatic nitrogens is 2. The van der Waals surface area contributed by atoms with E-state index in [-0.39, 0.29) is 0 Å². The van der Waals surface area contributed by atoms with Gasteiger partial charge in [0.15, 0.2) is 11.1 Å². The van der Waals surface area contributed by atoms with Gasteiger partial charge in [-0.15, -0.1) is 11.3 Å². The van der Waals surface area contributed by atoms with Crippen LogP contribution in [0.15, 0.2) is 28.7 Å². The van der Waals surface area contributed by atoms with E-state index < -0.39 is 0 Å². The van der Waals surface area contributed by atoms with E-state index in [0.29, 0.717) is 18.4 Å². The van der Waals surface area contributed by atoms with Gasteiger partial charge in [0.2, 0.25) is 5.88 Å². The van der Waals surface area contributed by atoms with Gasteiger partial charge in [0, 0.05) is 24.7 Å². The molecule has 0 saturated carbocycles. The van der Waals surface area contributed by atoms with Gasteiger partial charge in [0.1, 0.15) is 0 Å². The molecule has 3 heterocycles. The van der Waals surface area contributed by atoms with Gasteiger partial charge in [-0.3, -0.25) is 4.99 Å². The predicted molar refractivity (Wildman–Crippen MR) is 98.8 cm³/mol. The average molecular weight is 345 g/mol. The number of pyridine rings is 1. The van der Waals surface area contributed by atoms with Crippen LogP contribution in [-0.4, -0.2) is 35.6 Å². The van der Waals surface area contributed by atoms with Crippen molar-refractivity contribution in [3.8, 4) is 17.1 Å². The first-order chi connectivity index (χ1) is 11.7. The van der Waals surface area contributed by atoms with Crippen LogP contribution in [0.2, 0.25) is 0 Å². The zero-order valence-corrected chi connectivity index (χ0v) is 14.9. The molecule has 0 aliphatic carbocycles. The summed E-state index contributed by atoms with van der Waals surface area (Å²) in [6, 6.07) is 3.90. The van der Waals surface area contributed by atoms with E-state index in [2.05, 4.69) is 39.4 Å². The molecule has 2 N–H and O–H groups in total. The van der Waals surface area contributed by atoms with Crippen molar-refractivity contribution in [1.29, 1.82) is 0 Å². The summed E-state index contributed by atoms with van der Waals surface area (Å²) in [5.41, 5.74) is 1.79. The summed E-state index contributed by atoms with van der Waals surface area (Å²) in [7, 11) is 0. The van der Waals surface area contributed by atoms with Crippen LogP contribution in [0.3, 0.4) is 0 Å². The second-order valence-corrected chi connectivity index (χ2v) is 6.92. The topological polar surface area (TPSA) is 71.4 Å². The fraction of sp³-hybridized carbons (Fsp3) is 0.471. The quantitative estimate of drug-likeness (QED) is 0.840. The van der Waals surface area contributed by atoms with Crippen LogP contribution in [0, 0.1) is 5.92 Å². The standard InChI is InChI=1S/C17H23N5OS/c1-12(2)6-10-23-15-13(5-3-7-18-15)14-11-24-17(21-14)22-16-19-8-4-9-20-16/h3,5,7,11-12H,4,6,8-10H2,1-2H3,(H2,19,20,21,22). The molecule has 7 heteroatoms. The van der Waals surface area contributed by atoms with E-state index in [4.69, 9.17) is 4.74 Å². The number of hydrogen-bond acceptors (Lipinski definition) is 7. The highest BCUT2D eigenvalue weighted by Crippen LogP contribution is 2.30. The number of anilines is 1. The molecule has 2 aromatic rings. The second-order valence-electron chi connectivity index (χ2n) is 6.06. The number of ether oxygens (including phenoxy) is 1. The molecule has 3 rings (SSSR count). The zero-order chi connectivity index (χ0) is 16.8. The molecule has 1 aliphatic rings. The molecule has 6 nitrogen and oxygen atoms in total. The molecule has 0 unspecified atom stereocenters. The monoisotopic (exact) mass is 345 g/mol. The Morgan fingerprint density at radius 3 is 3.12 bits per heavy atom. The smallest absolute Gasteiger partial charge is 0.222 e. The van der Waals surface area contributed by atoms with Crippen molar-refractivity contribution < 1.29 is 4.74 Å². The molecule has 1 aliphatic heterocycles. The fourth-order valence-electron chi connectivity index (χ4n) is 2.26. The fourth-order valence-corrected chi connectivity index (χ4v) is 2.97. The normalized spacial score (nSPS) is 14.2. The van der Waals surface area contributed by atoms with E-state index in [1.165, 1.54) is 0 Å². The molecular formula is C17H23N5OS. The Hall–Kier alpha value is -2.15. The number of rotatable bonds is 6. The molecule has 24 heavy (non-hydrogen) atoms. The Morgan fingerprint density at radius 1 is 1.42 bits per heavy atom. The van der Waals surface area contributed by atoms with Gasteiger partial charge in [-0.05, 0) is 30.9 Å². The van der Waals surface area contributed by atoms with E-state index >= 15 is 0 Å².